The number of hydrogen-bond donors (Lipinski definition) is 0. The topological polar surface area (TPSA) is 27.7 Å². The Morgan fingerprint density at radius 1 is 1.40 bits per heavy atom. The molecule has 2 rings (SSSR count). The summed E-state index contributed by atoms with van der Waals surface area (Å²) < 4.78 is 17.2. The van der Waals surface area contributed by atoms with Crippen molar-refractivity contribution in [1.29, 1.82) is 0 Å². The molecule has 0 saturated carbocycles. The smallest absolute Gasteiger partial charge is 0.184 e. The second-order valence-electron chi connectivity index (χ2n) is 3.20. The van der Waals surface area contributed by atoms with Crippen molar-refractivity contribution in [2.75, 3.05) is 19.8 Å². The van der Waals surface area contributed by atoms with Crippen LogP contribution >= 0.6 is 15.9 Å². The van der Waals surface area contributed by atoms with Gasteiger partial charge in [0.1, 0.15) is 5.75 Å². The van der Waals surface area contributed by atoms with Gasteiger partial charge in [0.05, 0.1) is 24.3 Å². The zero-order valence-corrected chi connectivity index (χ0v) is 10.1. The van der Waals surface area contributed by atoms with E-state index in [4.69, 9.17) is 14.2 Å². The van der Waals surface area contributed by atoms with Crippen molar-refractivity contribution >= 4 is 15.9 Å². The number of ether oxygens (including phenoxy) is 3. The van der Waals surface area contributed by atoms with Crippen LogP contribution in [0.5, 0.6) is 5.75 Å². The van der Waals surface area contributed by atoms with Gasteiger partial charge in [0.15, 0.2) is 6.29 Å². The molecule has 0 amide bonds. The lowest BCUT2D eigenvalue weighted by atomic mass is 10.2. The Morgan fingerprint density at radius 2 is 2.13 bits per heavy atom. The van der Waals surface area contributed by atoms with Crippen molar-refractivity contribution in [3.63, 3.8) is 0 Å². The van der Waals surface area contributed by atoms with Crippen LogP contribution in [-0.2, 0) is 9.47 Å². The quantitative estimate of drug-likeness (QED) is 0.847. The first-order chi connectivity index (χ1) is 7.31. The number of hydrogen-bond acceptors (Lipinski definition) is 3. The summed E-state index contributed by atoms with van der Waals surface area (Å²) in [7, 11) is 0. The minimum Gasteiger partial charge on any atom is -0.493 e. The van der Waals surface area contributed by atoms with Gasteiger partial charge in [-0.1, -0.05) is 6.07 Å². The Morgan fingerprint density at radius 3 is 2.73 bits per heavy atom. The number of halogens is 1. The van der Waals surface area contributed by atoms with E-state index in [0.717, 1.165) is 15.8 Å². The van der Waals surface area contributed by atoms with Crippen molar-refractivity contribution in [2.24, 2.45) is 0 Å². The van der Waals surface area contributed by atoms with E-state index in [-0.39, 0.29) is 6.29 Å². The fourth-order valence-electron chi connectivity index (χ4n) is 1.49. The largest absolute Gasteiger partial charge is 0.493 e. The van der Waals surface area contributed by atoms with Gasteiger partial charge in [-0.15, -0.1) is 0 Å². The molecule has 0 N–H and O–H groups in total. The standard InChI is InChI=1S/C11H13BrO3/c1-2-13-10-4-3-8(7-9(10)12)11-14-5-6-15-11/h3-4,7,11H,2,5-6H2,1H3. The molecule has 0 atom stereocenters. The van der Waals surface area contributed by atoms with Gasteiger partial charge < -0.3 is 14.2 Å². The van der Waals surface area contributed by atoms with Crippen molar-refractivity contribution in [3.8, 4) is 5.75 Å². The molecule has 1 heterocycles. The molecule has 0 unspecified atom stereocenters. The average molecular weight is 273 g/mol. The molecule has 0 bridgehead atoms. The second kappa shape index (κ2) is 4.96. The Labute approximate surface area is 97.5 Å². The highest BCUT2D eigenvalue weighted by molar-refractivity contribution is 9.10. The van der Waals surface area contributed by atoms with E-state index in [1.165, 1.54) is 0 Å². The highest BCUT2D eigenvalue weighted by Gasteiger charge is 2.18. The zero-order valence-electron chi connectivity index (χ0n) is 8.53. The van der Waals surface area contributed by atoms with Gasteiger partial charge in [0.25, 0.3) is 0 Å². The third-order valence-corrected chi connectivity index (χ3v) is 2.77. The van der Waals surface area contributed by atoms with Crippen LogP contribution in [0.25, 0.3) is 0 Å². The predicted octanol–water partition coefficient (Wildman–Crippen LogP) is 2.89. The normalized spacial score (nSPS) is 16.9. The number of rotatable bonds is 3. The molecule has 1 aliphatic rings. The van der Waals surface area contributed by atoms with Crippen LogP contribution in [0, 0.1) is 0 Å². The summed E-state index contributed by atoms with van der Waals surface area (Å²) in [6, 6.07) is 5.86. The lowest BCUT2D eigenvalue weighted by Crippen LogP contribution is -1.99. The summed E-state index contributed by atoms with van der Waals surface area (Å²) in [5.74, 6) is 0.847. The third-order valence-electron chi connectivity index (χ3n) is 2.15. The van der Waals surface area contributed by atoms with Crippen LogP contribution in [0.4, 0.5) is 0 Å². The predicted molar refractivity (Wildman–Crippen MR) is 60.0 cm³/mol. The third kappa shape index (κ3) is 2.51. The van der Waals surface area contributed by atoms with Crippen LogP contribution in [-0.4, -0.2) is 19.8 Å². The molecule has 0 spiro atoms. The first-order valence-corrected chi connectivity index (χ1v) is 5.76. The maximum Gasteiger partial charge on any atom is 0.184 e. The van der Waals surface area contributed by atoms with Crippen LogP contribution in [0.15, 0.2) is 22.7 Å². The van der Waals surface area contributed by atoms with Gasteiger partial charge >= 0.3 is 0 Å². The summed E-state index contributed by atoms with van der Waals surface area (Å²) in [6.07, 6.45) is -0.225. The van der Waals surface area contributed by atoms with E-state index in [1.54, 1.807) is 0 Å². The van der Waals surface area contributed by atoms with Gasteiger partial charge in [-0.2, -0.15) is 0 Å². The van der Waals surface area contributed by atoms with E-state index < -0.39 is 0 Å². The molecule has 1 aromatic rings. The maximum absolute atomic E-state index is 5.43. The Balaban J connectivity index is 2.16. The van der Waals surface area contributed by atoms with Crippen molar-refractivity contribution in [1.82, 2.24) is 0 Å². The van der Waals surface area contributed by atoms with Gasteiger partial charge in [0.2, 0.25) is 0 Å². The maximum atomic E-state index is 5.43. The summed E-state index contributed by atoms with van der Waals surface area (Å²) in [6.45, 7) is 3.95. The molecular formula is C11H13BrO3. The molecule has 1 aromatic carbocycles. The molecule has 0 aliphatic carbocycles. The van der Waals surface area contributed by atoms with E-state index in [0.29, 0.717) is 19.8 Å². The molecule has 1 aliphatic heterocycles. The highest BCUT2D eigenvalue weighted by atomic mass is 79.9. The van der Waals surface area contributed by atoms with Crippen LogP contribution in [0.3, 0.4) is 0 Å². The molecule has 15 heavy (non-hydrogen) atoms. The van der Waals surface area contributed by atoms with Gasteiger partial charge in [-0.3, -0.25) is 0 Å². The fourth-order valence-corrected chi connectivity index (χ4v) is 2.00. The summed E-state index contributed by atoms with van der Waals surface area (Å²) in [4.78, 5) is 0. The van der Waals surface area contributed by atoms with E-state index in [9.17, 15) is 0 Å². The van der Waals surface area contributed by atoms with E-state index in [1.807, 2.05) is 25.1 Å². The molecular weight excluding hydrogens is 260 g/mol. The minimum atomic E-state index is -0.225. The fraction of sp³-hybridized carbons (Fsp3) is 0.455. The number of benzene rings is 1. The first kappa shape index (κ1) is 10.9. The second-order valence-corrected chi connectivity index (χ2v) is 4.05. The van der Waals surface area contributed by atoms with Crippen LogP contribution < -0.4 is 4.74 Å². The van der Waals surface area contributed by atoms with Crippen LogP contribution in [0.2, 0.25) is 0 Å². The Hall–Kier alpha value is -0.580. The van der Waals surface area contributed by atoms with Crippen LogP contribution in [0.1, 0.15) is 18.8 Å². The molecule has 1 saturated heterocycles. The van der Waals surface area contributed by atoms with Crippen molar-refractivity contribution < 1.29 is 14.2 Å². The monoisotopic (exact) mass is 272 g/mol. The van der Waals surface area contributed by atoms with Gasteiger partial charge in [0, 0.05) is 5.56 Å². The summed E-state index contributed by atoms with van der Waals surface area (Å²) in [5, 5.41) is 0. The lowest BCUT2D eigenvalue weighted by molar-refractivity contribution is -0.0441. The average Bonchev–Trinajstić information content (AvgIpc) is 2.74. The van der Waals surface area contributed by atoms with Gasteiger partial charge in [-0.25, -0.2) is 0 Å². The molecule has 4 heteroatoms. The molecule has 0 radical (unpaired) electrons. The lowest BCUT2D eigenvalue weighted by Gasteiger charge is -2.11. The zero-order chi connectivity index (χ0) is 10.7. The molecule has 3 nitrogen and oxygen atoms in total. The first-order valence-electron chi connectivity index (χ1n) is 4.96. The Bertz CT molecular complexity index is 335. The molecule has 82 valence electrons. The highest BCUT2D eigenvalue weighted by Crippen LogP contribution is 2.31. The van der Waals surface area contributed by atoms with Gasteiger partial charge in [-0.05, 0) is 35.0 Å². The van der Waals surface area contributed by atoms with E-state index in [2.05, 4.69) is 15.9 Å². The molecule has 1 fully saturated rings. The Kier molecular flexibility index (Phi) is 3.61. The minimum absolute atomic E-state index is 0.225. The van der Waals surface area contributed by atoms with Crippen molar-refractivity contribution in [3.05, 3.63) is 28.2 Å². The SMILES string of the molecule is CCOc1ccc(C2OCCO2)cc1Br. The molecule has 0 aromatic heterocycles. The summed E-state index contributed by atoms with van der Waals surface area (Å²) in [5.41, 5.74) is 1.02. The van der Waals surface area contributed by atoms with Crippen molar-refractivity contribution in [2.45, 2.75) is 13.2 Å². The summed E-state index contributed by atoms with van der Waals surface area (Å²) >= 11 is 3.46. The van der Waals surface area contributed by atoms with E-state index >= 15 is 0 Å².